The number of benzene rings is 10. The van der Waals surface area contributed by atoms with Gasteiger partial charge in [0.2, 0.25) is 0 Å². The highest BCUT2D eigenvalue weighted by Gasteiger charge is 2.47. The van der Waals surface area contributed by atoms with Gasteiger partial charge in [0.05, 0.1) is 5.41 Å². The summed E-state index contributed by atoms with van der Waals surface area (Å²) in [7, 11) is 0. The van der Waals surface area contributed by atoms with E-state index in [0.717, 1.165) is 21.9 Å². The Hall–Kier alpha value is -7.22. The van der Waals surface area contributed by atoms with Gasteiger partial charge in [0.15, 0.2) is 0 Å². The molecule has 1 heteroatoms. The van der Waals surface area contributed by atoms with Crippen LogP contribution >= 0.6 is 0 Å². The lowest BCUT2D eigenvalue weighted by molar-refractivity contribution is 0.669. The minimum atomic E-state index is -0.588. The van der Waals surface area contributed by atoms with Crippen LogP contribution in [0.5, 0.6) is 0 Å². The van der Waals surface area contributed by atoms with Gasteiger partial charge in [-0.1, -0.05) is 176 Å². The van der Waals surface area contributed by atoms with Crippen molar-refractivity contribution in [2.75, 3.05) is 0 Å². The van der Waals surface area contributed by atoms with Crippen LogP contribution in [-0.4, -0.2) is 0 Å². The third-order valence-electron chi connectivity index (χ3n) is 12.3. The Bertz CT molecular complexity index is 3310. The van der Waals surface area contributed by atoms with Crippen molar-refractivity contribution in [3.63, 3.8) is 0 Å². The third kappa shape index (κ3) is 4.31. The number of furan rings is 1. The van der Waals surface area contributed by atoms with Crippen LogP contribution in [0.15, 0.2) is 211 Å². The number of fused-ring (bicyclic) bond motifs is 9. The average molecular weight is 711 g/mol. The van der Waals surface area contributed by atoms with Crippen LogP contribution in [0.4, 0.5) is 0 Å². The van der Waals surface area contributed by atoms with E-state index in [2.05, 4.69) is 206 Å². The molecule has 0 bridgehead atoms. The van der Waals surface area contributed by atoms with Gasteiger partial charge in [-0.15, -0.1) is 0 Å². The third-order valence-corrected chi connectivity index (χ3v) is 12.3. The van der Waals surface area contributed by atoms with Crippen molar-refractivity contribution in [3.8, 4) is 33.4 Å². The molecule has 1 nitrogen and oxygen atoms in total. The maximum atomic E-state index is 6.59. The Kier molecular flexibility index (Phi) is 6.62. The fraction of sp³-hybridized carbons (Fsp3) is 0.0182. The molecule has 260 valence electrons. The van der Waals surface area contributed by atoms with Gasteiger partial charge in [-0.2, -0.15) is 0 Å². The van der Waals surface area contributed by atoms with E-state index < -0.39 is 5.41 Å². The molecule has 1 aliphatic carbocycles. The fourth-order valence-electron chi connectivity index (χ4n) is 9.95. The van der Waals surface area contributed by atoms with Gasteiger partial charge in [-0.3, -0.25) is 0 Å². The van der Waals surface area contributed by atoms with Crippen LogP contribution in [0.1, 0.15) is 22.3 Å². The van der Waals surface area contributed by atoms with E-state index in [-0.39, 0.29) is 0 Å². The zero-order valence-electron chi connectivity index (χ0n) is 30.5. The summed E-state index contributed by atoms with van der Waals surface area (Å²) in [6.45, 7) is 0. The predicted molar refractivity (Wildman–Crippen MR) is 234 cm³/mol. The molecule has 0 radical (unpaired) electrons. The molecule has 0 spiro atoms. The average Bonchev–Trinajstić information content (AvgIpc) is 3.77. The highest BCUT2D eigenvalue weighted by Crippen LogP contribution is 2.60. The first-order chi connectivity index (χ1) is 27.8. The van der Waals surface area contributed by atoms with Crippen LogP contribution in [0, 0.1) is 0 Å². The molecule has 0 N–H and O–H groups in total. The molecular weight excluding hydrogens is 677 g/mol. The zero-order chi connectivity index (χ0) is 36.8. The summed E-state index contributed by atoms with van der Waals surface area (Å²) >= 11 is 0. The van der Waals surface area contributed by atoms with Gasteiger partial charge in [0.1, 0.15) is 11.2 Å². The fourth-order valence-corrected chi connectivity index (χ4v) is 9.95. The quantitative estimate of drug-likeness (QED) is 0.177. The summed E-state index contributed by atoms with van der Waals surface area (Å²) in [4.78, 5) is 0. The lowest BCUT2D eigenvalue weighted by Gasteiger charge is -2.34. The molecule has 0 aliphatic heterocycles. The van der Waals surface area contributed by atoms with E-state index in [1.54, 1.807) is 0 Å². The Morgan fingerprint density at radius 3 is 1.70 bits per heavy atom. The Labute approximate surface area is 324 Å². The second kappa shape index (κ2) is 11.9. The van der Waals surface area contributed by atoms with E-state index in [0.29, 0.717) is 0 Å². The molecule has 0 amide bonds. The molecule has 0 atom stereocenters. The minimum Gasteiger partial charge on any atom is -0.456 e. The number of hydrogen-bond acceptors (Lipinski definition) is 1. The van der Waals surface area contributed by atoms with Crippen LogP contribution in [0.25, 0.3) is 87.6 Å². The first-order valence-corrected chi connectivity index (χ1v) is 19.4. The van der Waals surface area contributed by atoms with Crippen molar-refractivity contribution in [2.24, 2.45) is 0 Å². The Balaban J connectivity index is 1.24. The molecule has 56 heavy (non-hydrogen) atoms. The van der Waals surface area contributed by atoms with E-state index in [4.69, 9.17) is 4.42 Å². The van der Waals surface area contributed by atoms with Gasteiger partial charge in [-0.25, -0.2) is 0 Å². The van der Waals surface area contributed by atoms with Gasteiger partial charge in [0, 0.05) is 10.8 Å². The molecule has 0 saturated carbocycles. The minimum absolute atomic E-state index is 0.588. The molecule has 1 heterocycles. The van der Waals surface area contributed by atoms with Gasteiger partial charge >= 0.3 is 0 Å². The summed E-state index contributed by atoms with van der Waals surface area (Å²) < 4.78 is 6.59. The molecule has 11 aromatic rings. The van der Waals surface area contributed by atoms with Gasteiger partial charge in [-0.05, 0) is 118 Å². The maximum Gasteiger partial charge on any atom is 0.136 e. The highest BCUT2D eigenvalue weighted by molar-refractivity contribution is 6.17. The normalized spacial score (nSPS) is 13.1. The van der Waals surface area contributed by atoms with Crippen LogP contribution in [0.2, 0.25) is 0 Å². The van der Waals surface area contributed by atoms with E-state index in [1.807, 2.05) is 0 Å². The zero-order valence-corrected chi connectivity index (χ0v) is 30.5. The molecular formula is C55H34O. The van der Waals surface area contributed by atoms with Crippen molar-refractivity contribution in [1.29, 1.82) is 0 Å². The lowest BCUT2D eigenvalue weighted by atomic mass is 9.67. The molecule has 12 rings (SSSR count). The molecule has 0 saturated heterocycles. The second-order valence-corrected chi connectivity index (χ2v) is 15.1. The smallest absolute Gasteiger partial charge is 0.136 e. The standard InChI is InChI=1S/C55H34O/c1-3-20-40(21-4-1)55(41-22-5-2-6-23-41)48-32-39(43-26-14-28-50-52(43)47-31-36-16-7-8-17-37(36)34-51(47)56-50)29-30-46(48)54-49(55)33-38-18-10-12-25-44(38)53(54)45-27-13-19-35-15-9-11-24-42(35)45/h1-34H. The molecule has 10 aromatic carbocycles. The monoisotopic (exact) mass is 710 g/mol. The van der Waals surface area contributed by atoms with E-state index in [1.165, 1.54) is 88.0 Å². The summed E-state index contributed by atoms with van der Waals surface area (Å²) in [5.41, 5.74) is 13.8. The first kappa shape index (κ1) is 31.2. The topological polar surface area (TPSA) is 13.1 Å². The van der Waals surface area contributed by atoms with Crippen molar-refractivity contribution in [3.05, 3.63) is 229 Å². The molecule has 0 unspecified atom stereocenters. The Morgan fingerprint density at radius 1 is 0.321 bits per heavy atom. The van der Waals surface area contributed by atoms with Crippen molar-refractivity contribution in [1.82, 2.24) is 0 Å². The second-order valence-electron chi connectivity index (χ2n) is 15.1. The highest BCUT2D eigenvalue weighted by atomic mass is 16.3. The van der Waals surface area contributed by atoms with E-state index >= 15 is 0 Å². The largest absolute Gasteiger partial charge is 0.456 e. The van der Waals surface area contributed by atoms with Crippen molar-refractivity contribution >= 4 is 54.3 Å². The SMILES string of the molecule is c1ccc(C2(c3ccccc3)c3cc(-c4cccc5oc6cc7ccccc7cc6c45)ccc3-c3c2cc2ccccc2c3-c2cccc3ccccc23)cc1. The van der Waals surface area contributed by atoms with Crippen LogP contribution < -0.4 is 0 Å². The molecule has 1 aromatic heterocycles. The first-order valence-electron chi connectivity index (χ1n) is 19.4. The van der Waals surface area contributed by atoms with Crippen molar-refractivity contribution < 1.29 is 4.42 Å². The van der Waals surface area contributed by atoms with Gasteiger partial charge in [0.25, 0.3) is 0 Å². The Morgan fingerprint density at radius 2 is 0.929 bits per heavy atom. The summed E-state index contributed by atoms with van der Waals surface area (Å²) in [5.74, 6) is 0. The summed E-state index contributed by atoms with van der Waals surface area (Å²) in [6.07, 6.45) is 0. The predicted octanol–water partition coefficient (Wildman–Crippen LogP) is 14.7. The molecule has 0 fully saturated rings. The summed E-state index contributed by atoms with van der Waals surface area (Å²) in [5, 5.41) is 9.68. The van der Waals surface area contributed by atoms with Crippen LogP contribution in [0.3, 0.4) is 0 Å². The number of hydrogen-bond donors (Lipinski definition) is 0. The van der Waals surface area contributed by atoms with Crippen molar-refractivity contribution in [2.45, 2.75) is 5.41 Å². The number of rotatable bonds is 4. The summed E-state index contributed by atoms with van der Waals surface area (Å²) in [6, 6.07) is 76.1. The maximum absolute atomic E-state index is 6.59. The molecule has 1 aliphatic rings. The van der Waals surface area contributed by atoms with Gasteiger partial charge < -0.3 is 4.42 Å². The lowest BCUT2D eigenvalue weighted by Crippen LogP contribution is -2.28. The van der Waals surface area contributed by atoms with E-state index in [9.17, 15) is 0 Å². The van der Waals surface area contributed by atoms with Crippen LogP contribution in [-0.2, 0) is 5.41 Å².